The van der Waals surface area contributed by atoms with Crippen LogP contribution in [0.25, 0.3) is 10.9 Å². The quantitative estimate of drug-likeness (QED) is 0.516. The molecule has 2 aromatic heterocycles. The molecule has 0 aliphatic rings. The lowest BCUT2D eigenvalue weighted by Gasteiger charge is -2.22. The van der Waals surface area contributed by atoms with Crippen LogP contribution in [0.15, 0.2) is 41.8 Å². The number of thiophene rings is 1. The van der Waals surface area contributed by atoms with E-state index in [-0.39, 0.29) is 5.91 Å². The van der Waals surface area contributed by atoms with Gasteiger partial charge in [-0.15, -0.1) is 11.3 Å². The Hall–Kier alpha value is -2.11. The third-order valence-electron chi connectivity index (χ3n) is 4.07. The molecule has 2 heterocycles. The van der Waals surface area contributed by atoms with Crippen molar-refractivity contribution >= 4 is 39.7 Å². The van der Waals surface area contributed by atoms with Crippen molar-refractivity contribution < 1.29 is 9.53 Å². The lowest BCUT2D eigenvalue weighted by molar-refractivity contribution is -0.132. The third-order valence-corrected chi connectivity index (χ3v) is 5.25. The Morgan fingerprint density at radius 1 is 1.23 bits per heavy atom. The number of benzene rings is 1. The van der Waals surface area contributed by atoms with Crippen molar-refractivity contribution in [2.75, 3.05) is 6.61 Å². The molecule has 0 saturated carbocycles. The molecular formula is C20H21ClN2O2S. The van der Waals surface area contributed by atoms with E-state index >= 15 is 0 Å². The van der Waals surface area contributed by atoms with Crippen LogP contribution in [0.2, 0.25) is 5.15 Å². The summed E-state index contributed by atoms with van der Waals surface area (Å²) in [5.41, 5.74) is 1.65. The van der Waals surface area contributed by atoms with Crippen LogP contribution >= 0.6 is 22.9 Å². The number of nitrogens with zero attached hydrogens (tertiary/aromatic N) is 2. The van der Waals surface area contributed by atoms with E-state index in [1.54, 1.807) is 11.3 Å². The van der Waals surface area contributed by atoms with Gasteiger partial charge in [0.1, 0.15) is 10.9 Å². The summed E-state index contributed by atoms with van der Waals surface area (Å²) in [6.07, 6.45) is 0.457. The SMILES string of the molecule is CCOc1ccc2nc(Cl)c(CN(Cc3cccs3)C(=O)CC)cc2c1. The van der Waals surface area contributed by atoms with Gasteiger partial charge in [0, 0.05) is 28.8 Å². The van der Waals surface area contributed by atoms with Gasteiger partial charge in [-0.1, -0.05) is 24.6 Å². The van der Waals surface area contributed by atoms with E-state index in [1.165, 1.54) is 0 Å². The molecule has 0 fully saturated rings. The molecule has 3 aromatic rings. The highest BCUT2D eigenvalue weighted by atomic mass is 35.5. The van der Waals surface area contributed by atoms with Crippen molar-refractivity contribution in [3.05, 3.63) is 57.4 Å². The fraction of sp³-hybridized carbons (Fsp3) is 0.300. The Morgan fingerprint density at radius 3 is 2.77 bits per heavy atom. The van der Waals surface area contributed by atoms with Crippen molar-refractivity contribution in [3.63, 3.8) is 0 Å². The molecule has 4 nitrogen and oxygen atoms in total. The standard InChI is InChI=1S/C20H21ClN2O2S/c1-3-19(24)23(13-17-6-5-9-26-17)12-15-10-14-11-16(25-4-2)7-8-18(14)22-20(15)21/h5-11H,3-4,12-13H2,1-2H3. The zero-order valence-corrected chi connectivity index (χ0v) is 16.4. The first-order chi connectivity index (χ1) is 12.6. The molecule has 0 aliphatic carbocycles. The van der Waals surface area contributed by atoms with E-state index in [4.69, 9.17) is 16.3 Å². The Bertz CT molecular complexity index is 896. The molecule has 0 saturated heterocycles. The van der Waals surface area contributed by atoms with Crippen molar-refractivity contribution in [2.45, 2.75) is 33.4 Å². The second kappa shape index (κ2) is 8.52. The number of fused-ring (bicyclic) bond motifs is 1. The third kappa shape index (κ3) is 4.34. The number of ether oxygens (including phenoxy) is 1. The minimum atomic E-state index is 0.0950. The molecule has 1 aromatic carbocycles. The summed E-state index contributed by atoms with van der Waals surface area (Å²) < 4.78 is 5.57. The molecule has 6 heteroatoms. The van der Waals surface area contributed by atoms with Gasteiger partial charge < -0.3 is 9.64 Å². The van der Waals surface area contributed by atoms with Crippen molar-refractivity contribution in [3.8, 4) is 5.75 Å². The molecule has 0 radical (unpaired) electrons. The van der Waals surface area contributed by atoms with Gasteiger partial charge in [-0.3, -0.25) is 4.79 Å². The minimum Gasteiger partial charge on any atom is -0.494 e. The van der Waals surface area contributed by atoms with Gasteiger partial charge in [0.2, 0.25) is 5.91 Å². The zero-order valence-electron chi connectivity index (χ0n) is 14.9. The Labute approximate surface area is 162 Å². The summed E-state index contributed by atoms with van der Waals surface area (Å²) >= 11 is 8.05. The van der Waals surface area contributed by atoms with Gasteiger partial charge in [0.05, 0.1) is 18.7 Å². The largest absolute Gasteiger partial charge is 0.494 e. The van der Waals surface area contributed by atoms with E-state index in [9.17, 15) is 4.79 Å². The summed E-state index contributed by atoms with van der Waals surface area (Å²) in [6, 6.07) is 11.8. The van der Waals surface area contributed by atoms with Gasteiger partial charge in [-0.25, -0.2) is 4.98 Å². The molecular weight excluding hydrogens is 368 g/mol. The van der Waals surface area contributed by atoms with Crippen LogP contribution in [0.5, 0.6) is 5.75 Å². The molecule has 0 spiro atoms. The van der Waals surface area contributed by atoms with Crippen molar-refractivity contribution in [1.29, 1.82) is 0 Å². The molecule has 0 atom stereocenters. The number of pyridine rings is 1. The van der Waals surface area contributed by atoms with E-state index < -0.39 is 0 Å². The maximum Gasteiger partial charge on any atom is 0.222 e. The van der Waals surface area contributed by atoms with Crippen molar-refractivity contribution in [1.82, 2.24) is 9.88 Å². The predicted molar refractivity (Wildman–Crippen MR) is 107 cm³/mol. The van der Waals surface area contributed by atoms with Gasteiger partial charge in [-0.2, -0.15) is 0 Å². The smallest absolute Gasteiger partial charge is 0.222 e. The fourth-order valence-electron chi connectivity index (χ4n) is 2.79. The highest BCUT2D eigenvalue weighted by molar-refractivity contribution is 7.09. The van der Waals surface area contributed by atoms with Crippen LogP contribution < -0.4 is 4.74 Å². The topological polar surface area (TPSA) is 42.4 Å². The number of amides is 1. The van der Waals surface area contributed by atoms with E-state index in [0.29, 0.717) is 31.3 Å². The molecule has 0 bridgehead atoms. The van der Waals surface area contributed by atoms with Gasteiger partial charge in [0.15, 0.2) is 0 Å². The zero-order chi connectivity index (χ0) is 18.5. The maximum atomic E-state index is 12.4. The summed E-state index contributed by atoms with van der Waals surface area (Å²) in [4.78, 5) is 19.9. The van der Waals surface area contributed by atoms with Crippen LogP contribution in [0, 0.1) is 0 Å². The lowest BCUT2D eigenvalue weighted by Crippen LogP contribution is -2.29. The number of halogens is 1. The highest BCUT2D eigenvalue weighted by Gasteiger charge is 2.16. The van der Waals surface area contributed by atoms with Crippen molar-refractivity contribution in [2.24, 2.45) is 0 Å². The summed E-state index contributed by atoms with van der Waals surface area (Å²) in [5, 5.41) is 3.40. The first-order valence-electron chi connectivity index (χ1n) is 8.62. The molecule has 26 heavy (non-hydrogen) atoms. The monoisotopic (exact) mass is 388 g/mol. The average molecular weight is 389 g/mol. The van der Waals surface area contributed by atoms with E-state index in [2.05, 4.69) is 4.98 Å². The van der Waals surface area contributed by atoms with E-state index in [0.717, 1.165) is 27.1 Å². The second-order valence-electron chi connectivity index (χ2n) is 5.91. The molecule has 0 unspecified atom stereocenters. The lowest BCUT2D eigenvalue weighted by atomic mass is 10.1. The minimum absolute atomic E-state index is 0.0950. The first-order valence-corrected chi connectivity index (χ1v) is 9.88. The Balaban J connectivity index is 1.90. The van der Waals surface area contributed by atoms with Gasteiger partial charge >= 0.3 is 0 Å². The number of rotatable bonds is 7. The number of carbonyl (C=O) groups is 1. The molecule has 3 rings (SSSR count). The van der Waals surface area contributed by atoms with Crippen LogP contribution in [0.3, 0.4) is 0 Å². The Morgan fingerprint density at radius 2 is 2.08 bits per heavy atom. The van der Waals surface area contributed by atoms with Crippen LogP contribution in [-0.2, 0) is 17.9 Å². The second-order valence-corrected chi connectivity index (χ2v) is 7.30. The van der Waals surface area contributed by atoms with Crippen LogP contribution in [0.4, 0.5) is 0 Å². The maximum absolute atomic E-state index is 12.4. The van der Waals surface area contributed by atoms with Crippen LogP contribution in [-0.4, -0.2) is 22.4 Å². The molecule has 0 aliphatic heterocycles. The summed E-state index contributed by atoms with van der Waals surface area (Å²) in [7, 11) is 0. The number of aromatic nitrogens is 1. The molecule has 1 amide bonds. The predicted octanol–water partition coefficient (Wildman–Crippen LogP) is 5.29. The van der Waals surface area contributed by atoms with Gasteiger partial charge in [-0.05, 0) is 42.6 Å². The number of hydrogen-bond donors (Lipinski definition) is 0. The van der Waals surface area contributed by atoms with Gasteiger partial charge in [0.25, 0.3) is 0 Å². The molecule has 136 valence electrons. The number of hydrogen-bond acceptors (Lipinski definition) is 4. The molecule has 0 N–H and O–H groups in total. The number of carbonyl (C=O) groups excluding carboxylic acids is 1. The summed E-state index contributed by atoms with van der Waals surface area (Å²) in [5.74, 6) is 0.896. The average Bonchev–Trinajstić information content (AvgIpc) is 3.14. The van der Waals surface area contributed by atoms with Crippen LogP contribution in [0.1, 0.15) is 30.7 Å². The fourth-order valence-corrected chi connectivity index (χ4v) is 3.72. The highest BCUT2D eigenvalue weighted by Crippen LogP contribution is 2.26. The first kappa shape index (κ1) is 18.7. The summed E-state index contributed by atoms with van der Waals surface area (Å²) in [6.45, 7) is 5.45. The van der Waals surface area contributed by atoms with E-state index in [1.807, 2.05) is 60.5 Å². The normalized spacial score (nSPS) is 10.9. The Kier molecular flexibility index (Phi) is 6.12.